The van der Waals surface area contributed by atoms with Crippen molar-refractivity contribution in [2.24, 2.45) is 11.3 Å². The smallest absolute Gasteiger partial charge is 0.254 e. The predicted molar refractivity (Wildman–Crippen MR) is 90.7 cm³/mol. The van der Waals surface area contributed by atoms with E-state index in [9.17, 15) is 14.4 Å². The summed E-state index contributed by atoms with van der Waals surface area (Å²) in [6, 6.07) is 0. The second-order valence-corrected chi connectivity index (χ2v) is 7.73. The fourth-order valence-corrected chi connectivity index (χ4v) is 4.18. The van der Waals surface area contributed by atoms with Crippen LogP contribution in [0.2, 0.25) is 0 Å². The zero-order chi connectivity index (χ0) is 17.4. The summed E-state index contributed by atoms with van der Waals surface area (Å²) in [7, 11) is 0. The number of hydrogen-bond donors (Lipinski definition) is 1. The van der Waals surface area contributed by atoms with E-state index in [0.717, 1.165) is 32.4 Å². The van der Waals surface area contributed by atoms with Crippen molar-refractivity contribution in [3.8, 4) is 0 Å². The van der Waals surface area contributed by atoms with Crippen molar-refractivity contribution in [1.82, 2.24) is 19.8 Å². The second-order valence-electron chi connectivity index (χ2n) is 7.73. The molecular weight excluding hydrogens is 320 g/mol. The molecular formula is C18H24N4O3. The van der Waals surface area contributed by atoms with Gasteiger partial charge in [0, 0.05) is 37.9 Å². The maximum Gasteiger partial charge on any atom is 0.254 e. The van der Waals surface area contributed by atoms with Gasteiger partial charge in [-0.2, -0.15) is 0 Å². The lowest BCUT2D eigenvalue weighted by atomic mass is 9.78. The highest BCUT2D eigenvalue weighted by Gasteiger charge is 2.49. The van der Waals surface area contributed by atoms with E-state index < -0.39 is 5.41 Å². The Morgan fingerprint density at radius 1 is 1.28 bits per heavy atom. The van der Waals surface area contributed by atoms with E-state index in [0.29, 0.717) is 24.6 Å². The Balaban J connectivity index is 1.43. The van der Waals surface area contributed by atoms with Crippen LogP contribution in [0.5, 0.6) is 0 Å². The van der Waals surface area contributed by atoms with Crippen molar-refractivity contribution in [1.29, 1.82) is 0 Å². The second kappa shape index (κ2) is 6.28. The molecule has 1 spiro atoms. The molecule has 2 amide bonds. The predicted octanol–water partition coefficient (Wildman–Crippen LogP) is 0.564. The van der Waals surface area contributed by atoms with Gasteiger partial charge in [-0.05, 0) is 38.0 Å². The van der Waals surface area contributed by atoms with Gasteiger partial charge >= 0.3 is 0 Å². The largest absolute Gasteiger partial charge is 0.342 e. The summed E-state index contributed by atoms with van der Waals surface area (Å²) in [5, 5.41) is 0. The Morgan fingerprint density at radius 3 is 2.88 bits per heavy atom. The fourth-order valence-electron chi connectivity index (χ4n) is 4.18. The van der Waals surface area contributed by atoms with Crippen molar-refractivity contribution in [2.45, 2.75) is 38.5 Å². The SMILES string of the molecule is O=C(Cc1cnc[nH]c1=O)N1CC[C@]2(CCCN(CC3CC3)C2=O)C1. The van der Waals surface area contributed by atoms with E-state index in [-0.39, 0.29) is 23.8 Å². The molecule has 0 unspecified atom stereocenters. The van der Waals surface area contributed by atoms with Crippen LogP contribution in [-0.2, 0) is 16.0 Å². The van der Waals surface area contributed by atoms with Gasteiger partial charge in [-0.1, -0.05) is 0 Å². The number of aromatic amines is 1. The molecule has 0 aromatic carbocycles. The summed E-state index contributed by atoms with van der Waals surface area (Å²) >= 11 is 0. The van der Waals surface area contributed by atoms with Gasteiger partial charge in [0.05, 0.1) is 18.2 Å². The van der Waals surface area contributed by atoms with Crippen LogP contribution in [0, 0.1) is 11.3 Å². The van der Waals surface area contributed by atoms with Crippen LogP contribution >= 0.6 is 0 Å². The summed E-state index contributed by atoms with van der Waals surface area (Å²) in [6.45, 7) is 2.83. The number of rotatable bonds is 4. The molecule has 134 valence electrons. The lowest BCUT2D eigenvalue weighted by Gasteiger charge is -2.39. The molecule has 3 heterocycles. The highest BCUT2D eigenvalue weighted by molar-refractivity contribution is 5.86. The lowest BCUT2D eigenvalue weighted by Crippen LogP contribution is -2.51. The maximum atomic E-state index is 13.0. The minimum Gasteiger partial charge on any atom is -0.342 e. The first-order chi connectivity index (χ1) is 12.1. The Hall–Kier alpha value is -2.18. The number of nitrogens with zero attached hydrogens (tertiary/aromatic N) is 3. The molecule has 7 nitrogen and oxygen atoms in total. The Labute approximate surface area is 146 Å². The Morgan fingerprint density at radius 2 is 2.12 bits per heavy atom. The Kier molecular flexibility index (Phi) is 4.09. The van der Waals surface area contributed by atoms with Crippen LogP contribution in [0.1, 0.15) is 37.7 Å². The quantitative estimate of drug-likeness (QED) is 0.865. The van der Waals surface area contributed by atoms with Crippen LogP contribution in [0.15, 0.2) is 17.3 Å². The molecule has 1 N–H and O–H groups in total. The first-order valence-electron chi connectivity index (χ1n) is 9.16. The van der Waals surface area contributed by atoms with Gasteiger partial charge in [0.25, 0.3) is 5.56 Å². The molecule has 1 aromatic heterocycles. The van der Waals surface area contributed by atoms with Gasteiger partial charge in [0.15, 0.2) is 0 Å². The molecule has 1 aromatic rings. The van der Waals surface area contributed by atoms with E-state index in [2.05, 4.69) is 9.97 Å². The number of likely N-dealkylation sites (tertiary alicyclic amines) is 2. The average Bonchev–Trinajstić information content (AvgIpc) is 3.32. The van der Waals surface area contributed by atoms with Gasteiger partial charge in [-0.15, -0.1) is 0 Å². The molecule has 1 atom stereocenters. The zero-order valence-corrected chi connectivity index (χ0v) is 14.4. The van der Waals surface area contributed by atoms with Crippen LogP contribution < -0.4 is 5.56 Å². The third-order valence-electron chi connectivity index (χ3n) is 5.84. The molecule has 1 saturated carbocycles. The van der Waals surface area contributed by atoms with E-state index >= 15 is 0 Å². The topological polar surface area (TPSA) is 86.4 Å². The number of aromatic nitrogens is 2. The van der Waals surface area contributed by atoms with Crippen molar-refractivity contribution in [3.05, 3.63) is 28.4 Å². The minimum absolute atomic E-state index is 0.0409. The highest BCUT2D eigenvalue weighted by Crippen LogP contribution is 2.41. The number of piperidine rings is 1. The molecule has 7 heteroatoms. The summed E-state index contributed by atoms with van der Waals surface area (Å²) < 4.78 is 0. The molecule has 3 fully saturated rings. The first-order valence-corrected chi connectivity index (χ1v) is 9.16. The zero-order valence-electron chi connectivity index (χ0n) is 14.4. The first kappa shape index (κ1) is 16.3. The molecule has 3 aliphatic rings. The third kappa shape index (κ3) is 3.19. The molecule has 0 radical (unpaired) electrons. The summed E-state index contributed by atoms with van der Waals surface area (Å²) in [5.74, 6) is 0.832. The van der Waals surface area contributed by atoms with E-state index in [1.54, 1.807) is 4.90 Å². The number of H-pyrrole nitrogens is 1. The highest BCUT2D eigenvalue weighted by atomic mass is 16.2. The van der Waals surface area contributed by atoms with Gasteiger partial charge in [0.2, 0.25) is 11.8 Å². The molecule has 4 rings (SSSR count). The molecule has 1 aliphatic carbocycles. The number of hydrogen-bond acceptors (Lipinski definition) is 4. The summed E-state index contributed by atoms with van der Waals surface area (Å²) in [4.78, 5) is 47.5. The maximum absolute atomic E-state index is 13.0. The molecule has 0 bridgehead atoms. The number of carbonyl (C=O) groups is 2. The van der Waals surface area contributed by atoms with Gasteiger partial charge in [0.1, 0.15) is 0 Å². The van der Waals surface area contributed by atoms with E-state index in [4.69, 9.17) is 0 Å². The summed E-state index contributed by atoms with van der Waals surface area (Å²) in [6.07, 6.45) is 7.89. The van der Waals surface area contributed by atoms with Crippen LogP contribution in [0.4, 0.5) is 0 Å². The average molecular weight is 344 g/mol. The fraction of sp³-hybridized carbons (Fsp3) is 0.667. The van der Waals surface area contributed by atoms with Crippen molar-refractivity contribution in [2.75, 3.05) is 26.2 Å². The van der Waals surface area contributed by atoms with E-state index in [1.807, 2.05) is 4.90 Å². The van der Waals surface area contributed by atoms with E-state index in [1.165, 1.54) is 25.4 Å². The van der Waals surface area contributed by atoms with Crippen LogP contribution in [0.3, 0.4) is 0 Å². The normalized spacial score (nSPS) is 26.5. The van der Waals surface area contributed by atoms with Gasteiger partial charge in [-0.25, -0.2) is 4.98 Å². The number of carbonyl (C=O) groups excluding carboxylic acids is 2. The monoisotopic (exact) mass is 344 g/mol. The number of nitrogens with one attached hydrogen (secondary N) is 1. The summed E-state index contributed by atoms with van der Waals surface area (Å²) in [5.41, 5.74) is -0.301. The Bertz CT molecular complexity index is 742. The molecule has 2 saturated heterocycles. The van der Waals surface area contributed by atoms with Gasteiger partial charge < -0.3 is 14.8 Å². The standard InChI is InChI=1S/C18H24N4O3/c23-15(8-14-9-19-12-20-16(14)24)22-7-5-18(11-22)4-1-6-21(17(18)25)10-13-2-3-13/h9,12-13H,1-8,10-11H2,(H,19,20,24)/t18-/m1/s1. The molecule has 25 heavy (non-hydrogen) atoms. The number of amides is 2. The van der Waals surface area contributed by atoms with Crippen molar-refractivity contribution < 1.29 is 9.59 Å². The van der Waals surface area contributed by atoms with Crippen LogP contribution in [-0.4, -0.2) is 57.8 Å². The van der Waals surface area contributed by atoms with Crippen molar-refractivity contribution >= 4 is 11.8 Å². The van der Waals surface area contributed by atoms with Gasteiger partial charge in [-0.3, -0.25) is 14.4 Å². The minimum atomic E-state index is -0.399. The third-order valence-corrected chi connectivity index (χ3v) is 5.84. The molecule has 2 aliphatic heterocycles. The van der Waals surface area contributed by atoms with Crippen LogP contribution in [0.25, 0.3) is 0 Å². The van der Waals surface area contributed by atoms with Crippen molar-refractivity contribution in [3.63, 3.8) is 0 Å². The lowest BCUT2D eigenvalue weighted by molar-refractivity contribution is -0.146.